The van der Waals surface area contributed by atoms with E-state index in [1.54, 1.807) is 0 Å². The van der Waals surface area contributed by atoms with Crippen LogP contribution in [0.2, 0.25) is 0 Å². The van der Waals surface area contributed by atoms with Crippen LogP contribution in [0.1, 0.15) is 55.1 Å². The van der Waals surface area contributed by atoms with Crippen molar-refractivity contribution in [3.63, 3.8) is 0 Å². The van der Waals surface area contributed by atoms with Crippen molar-refractivity contribution in [3.8, 4) is 0 Å². The van der Waals surface area contributed by atoms with Gasteiger partial charge in [0.25, 0.3) is 0 Å². The predicted octanol–water partition coefficient (Wildman–Crippen LogP) is 3.97. The average Bonchev–Trinajstić information content (AvgIpc) is 3.47. The van der Waals surface area contributed by atoms with Crippen molar-refractivity contribution in [3.05, 3.63) is 47.9 Å². The van der Waals surface area contributed by atoms with E-state index in [-0.39, 0.29) is 55.4 Å². The van der Waals surface area contributed by atoms with Crippen molar-refractivity contribution in [2.75, 3.05) is 13.3 Å². The van der Waals surface area contributed by atoms with Gasteiger partial charge in [0.1, 0.15) is 11.7 Å². The molecule has 34 heavy (non-hydrogen) atoms. The number of carbonyl (C=O) groups is 2. The van der Waals surface area contributed by atoms with Crippen molar-refractivity contribution in [2.24, 2.45) is 18.7 Å². The van der Waals surface area contributed by atoms with E-state index < -0.39 is 5.54 Å². The lowest BCUT2D eigenvalue weighted by atomic mass is 9.84. The van der Waals surface area contributed by atoms with Crippen LogP contribution in [0.15, 0.2) is 36.7 Å². The average molecular weight is 509 g/mol. The van der Waals surface area contributed by atoms with E-state index in [0.29, 0.717) is 19.4 Å². The molecule has 2 atom stereocenters. The highest BCUT2D eigenvalue weighted by molar-refractivity contribution is 6.11. The third kappa shape index (κ3) is 4.41. The van der Waals surface area contributed by atoms with E-state index in [0.717, 1.165) is 47.8 Å². The van der Waals surface area contributed by atoms with E-state index in [9.17, 15) is 9.59 Å². The summed E-state index contributed by atoms with van der Waals surface area (Å²) in [4.78, 5) is 30.0. The molecular formula is C25H34Cl2N4O3. The third-order valence-electron chi connectivity index (χ3n) is 7.66. The summed E-state index contributed by atoms with van der Waals surface area (Å²) in [5.41, 5.74) is 8.55. The van der Waals surface area contributed by atoms with Gasteiger partial charge in [0.15, 0.2) is 12.5 Å². The highest BCUT2D eigenvalue weighted by Crippen LogP contribution is 2.35. The number of benzene rings is 1. The van der Waals surface area contributed by atoms with Gasteiger partial charge in [-0.05, 0) is 38.7 Å². The Hall–Kier alpha value is -2.22. The Kier molecular flexibility index (Phi) is 7.90. The predicted molar refractivity (Wildman–Crippen MR) is 137 cm³/mol. The Morgan fingerprint density at radius 3 is 2.56 bits per heavy atom. The number of aromatic nitrogens is 1. The van der Waals surface area contributed by atoms with E-state index in [2.05, 4.69) is 35.6 Å². The molecule has 1 aromatic carbocycles. The Morgan fingerprint density at radius 2 is 1.82 bits per heavy atom. The Morgan fingerprint density at radius 1 is 1.15 bits per heavy atom. The van der Waals surface area contributed by atoms with E-state index >= 15 is 0 Å². The van der Waals surface area contributed by atoms with Gasteiger partial charge in [-0.2, -0.15) is 0 Å². The zero-order valence-corrected chi connectivity index (χ0v) is 21.4. The lowest BCUT2D eigenvalue weighted by Gasteiger charge is -2.33. The molecule has 3 aliphatic rings. The van der Waals surface area contributed by atoms with Crippen LogP contribution in [0.5, 0.6) is 0 Å². The quantitative estimate of drug-likeness (QED) is 0.615. The second-order valence-electron chi connectivity index (χ2n) is 9.56. The second kappa shape index (κ2) is 10.2. The number of hydrogen-bond donors (Lipinski definition) is 1. The molecule has 0 bridgehead atoms. The molecule has 0 spiro atoms. The first-order valence-corrected chi connectivity index (χ1v) is 11.7. The summed E-state index contributed by atoms with van der Waals surface area (Å²) in [6.45, 7) is 2.90. The fraction of sp³-hybridized carbons (Fsp3) is 0.520. The maximum atomic E-state index is 13.5. The highest BCUT2D eigenvalue weighted by atomic mass is 35.5. The highest BCUT2D eigenvalue weighted by Gasteiger charge is 2.39. The van der Waals surface area contributed by atoms with E-state index in [1.807, 2.05) is 29.4 Å². The fourth-order valence-corrected chi connectivity index (χ4v) is 5.55. The van der Waals surface area contributed by atoms with Crippen LogP contribution in [-0.4, -0.2) is 51.1 Å². The second-order valence-corrected chi connectivity index (χ2v) is 9.56. The van der Waals surface area contributed by atoms with Gasteiger partial charge in [-0.3, -0.25) is 4.79 Å². The van der Waals surface area contributed by atoms with Crippen molar-refractivity contribution < 1.29 is 14.3 Å². The third-order valence-corrected chi connectivity index (χ3v) is 7.66. The van der Waals surface area contributed by atoms with Gasteiger partial charge in [0.2, 0.25) is 0 Å². The minimum Gasteiger partial charge on any atom is -0.443 e. The van der Waals surface area contributed by atoms with E-state index in [1.165, 1.54) is 0 Å². The zero-order valence-electron chi connectivity index (χ0n) is 19.7. The number of para-hydroxylation sites is 1. The number of aryl methyl sites for hydroxylation is 1. The summed E-state index contributed by atoms with van der Waals surface area (Å²) in [7, 11) is 2.05. The van der Waals surface area contributed by atoms with Gasteiger partial charge in [-0.15, -0.1) is 24.8 Å². The standard InChI is InChI=1S/C25H32N4O3.2ClH/c1-17-28(13-14-29(17)16-32-24(31)25(26)11-5-6-12-25)15-18-9-10-21-22(23(18)30)19-7-3-4-8-20(19)27(21)2;;/h3-4,7-8,13-14,17-18H,5-6,9-12,15-16,26H2,1-2H3;2*1H. The summed E-state index contributed by atoms with van der Waals surface area (Å²) >= 11 is 0. The summed E-state index contributed by atoms with van der Waals surface area (Å²) in [5.74, 6) is -0.117. The smallest absolute Gasteiger partial charge is 0.327 e. The maximum absolute atomic E-state index is 13.5. The van der Waals surface area contributed by atoms with Crippen molar-refractivity contribution in [2.45, 2.75) is 57.2 Å². The fourth-order valence-electron chi connectivity index (χ4n) is 5.55. The minimum absolute atomic E-state index is 0. The number of ether oxygens (including phenoxy) is 1. The van der Waals surface area contributed by atoms with Gasteiger partial charge in [0, 0.05) is 54.1 Å². The molecule has 0 amide bonds. The number of nitrogens with two attached hydrogens (primary N) is 1. The van der Waals surface area contributed by atoms with Crippen LogP contribution >= 0.6 is 24.8 Å². The Bertz CT molecular complexity index is 1090. The van der Waals surface area contributed by atoms with Gasteiger partial charge in [-0.25, -0.2) is 4.79 Å². The molecule has 7 nitrogen and oxygen atoms in total. The molecule has 1 fully saturated rings. The Balaban J connectivity index is 0.00000162. The number of Topliss-reactive ketones (excluding diaryl/α,β-unsaturated/α-hetero) is 1. The van der Waals surface area contributed by atoms with Crippen molar-refractivity contribution >= 4 is 47.5 Å². The van der Waals surface area contributed by atoms with Crippen LogP contribution in [0.3, 0.4) is 0 Å². The molecular weight excluding hydrogens is 475 g/mol. The number of carbonyl (C=O) groups excluding carboxylic acids is 2. The Labute approximate surface area is 213 Å². The number of fused-ring (bicyclic) bond motifs is 3. The SMILES string of the molecule is CC1N(COC(=O)C2(N)CCCC2)C=CN1CC1CCc2c(c3ccccc3n2C)C1=O.Cl.Cl. The van der Waals surface area contributed by atoms with Crippen LogP contribution in [-0.2, 0) is 23.0 Å². The molecule has 186 valence electrons. The largest absolute Gasteiger partial charge is 0.443 e. The normalized spacial score (nSPS) is 23.0. The number of ketones is 1. The number of nitrogens with zero attached hydrogens (tertiary/aromatic N) is 3. The number of esters is 1. The lowest BCUT2D eigenvalue weighted by Crippen LogP contribution is -2.48. The summed E-state index contributed by atoms with van der Waals surface area (Å²) in [5, 5.41) is 1.06. The number of hydrogen-bond acceptors (Lipinski definition) is 6. The maximum Gasteiger partial charge on any atom is 0.327 e. The summed E-state index contributed by atoms with van der Waals surface area (Å²) in [6, 6.07) is 8.16. The topological polar surface area (TPSA) is 80.8 Å². The molecule has 2 N–H and O–H groups in total. The van der Waals surface area contributed by atoms with Gasteiger partial charge in [0.05, 0.1) is 0 Å². The van der Waals surface area contributed by atoms with Crippen molar-refractivity contribution in [1.29, 1.82) is 0 Å². The first-order valence-electron chi connectivity index (χ1n) is 11.7. The van der Waals surface area contributed by atoms with Crippen LogP contribution in [0, 0.1) is 5.92 Å². The molecule has 1 saturated carbocycles. The van der Waals surface area contributed by atoms with Crippen LogP contribution < -0.4 is 5.73 Å². The molecule has 9 heteroatoms. The molecule has 2 aliphatic carbocycles. The zero-order chi connectivity index (χ0) is 22.5. The van der Waals surface area contributed by atoms with Crippen molar-refractivity contribution in [1.82, 2.24) is 14.4 Å². The first-order chi connectivity index (χ1) is 15.4. The molecule has 1 aromatic heterocycles. The molecule has 5 rings (SSSR count). The minimum atomic E-state index is -0.822. The molecule has 1 aliphatic heterocycles. The van der Waals surface area contributed by atoms with Gasteiger partial charge >= 0.3 is 5.97 Å². The molecule has 0 saturated heterocycles. The van der Waals surface area contributed by atoms with Gasteiger partial charge in [-0.1, -0.05) is 31.0 Å². The van der Waals surface area contributed by atoms with E-state index in [4.69, 9.17) is 10.5 Å². The molecule has 2 aromatic rings. The monoisotopic (exact) mass is 508 g/mol. The van der Waals surface area contributed by atoms with Gasteiger partial charge < -0.3 is 24.8 Å². The van der Waals surface area contributed by atoms with Crippen LogP contribution in [0.25, 0.3) is 10.9 Å². The lowest BCUT2D eigenvalue weighted by molar-refractivity contribution is -0.155. The number of halogens is 2. The molecule has 2 unspecified atom stereocenters. The summed E-state index contributed by atoms with van der Waals surface area (Å²) < 4.78 is 7.72. The van der Waals surface area contributed by atoms with Crippen LogP contribution in [0.4, 0.5) is 0 Å². The molecule has 0 radical (unpaired) electrons. The first kappa shape index (κ1) is 26.4. The number of rotatable bonds is 5. The molecule has 2 heterocycles. The summed E-state index contributed by atoms with van der Waals surface area (Å²) in [6.07, 6.45) is 9.06.